The van der Waals surface area contributed by atoms with Gasteiger partial charge in [-0.05, 0) is 17.5 Å². The van der Waals surface area contributed by atoms with Crippen molar-refractivity contribution in [2.24, 2.45) is 0 Å². The second-order valence-corrected chi connectivity index (χ2v) is 7.14. The average Bonchev–Trinajstić information content (AvgIpc) is 2.92. The molecule has 0 atom stereocenters. The molecule has 0 aliphatic rings. The van der Waals surface area contributed by atoms with Crippen molar-refractivity contribution in [3.05, 3.63) is 53.7 Å². The maximum atomic E-state index is 12.0. The van der Waals surface area contributed by atoms with Crippen molar-refractivity contribution in [3.8, 4) is 5.88 Å². The Labute approximate surface area is 129 Å². The monoisotopic (exact) mass is 325 g/mol. The lowest BCUT2D eigenvalue weighted by atomic mass is 10.2. The van der Waals surface area contributed by atoms with Crippen LogP contribution >= 0.6 is 7.60 Å². The topological polar surface area (TPSA) is 69.9 Å². The van der Waals surface area contributed by atoms with Crippen LogP contribution in [0.1, 0.15) is 11.1 Å². The fourth-order valence-electron chi connectivity index (χ4n) is 1.97. The van der Waals surface area contributed by atoms with Crippen molar-refractivity contribution in [3.63, 3.8) is 0 Å². The van der Waals surface area contributed by atoms with Crippen LogP contribution in [0.5, 0.6) is 5.88 Å². The van der Waals surface area contributed by atoms with Crippen LogP contribution in [0, 0.1) is 0 Å². The van der Waals surface area contributed by atoms with Gasteiger partial charge >= 0.3 is 7.60 Å². The Morgan fingerprint density at radius 3 is 2.45 bits per heavy atom. The Morgan fingerprint density at radius 1 is 1.14 bits per heavy atom. The molecule has 1 aromatic heterocycles. The van der Waals surface area contributed by atoms with Crippen molar-refractivity contribution < 1.29 is 23.6 Å². The average molecular weight is 325 g/mol. The van der Waals surface area contributed by atoms with E-state index < -0.39 is 7.60 Å². The van der Waals surface area contributed by atoms with Crippen molar-refractivity contribution in [2.45, 2.75) is 13.0 Å². The fraction of sp³-hybridized carbons (Fsp3) is 0.333. The summed E-state index contributed by atoms with van der Waals surface area (Å²) >= 11 is 0. The van der Waals surface area contributed by atoms with E-state index in [1.54, 1.807) is 12.3 Å². The molecular weight excluding hydrogens is 305 g/mol. The van der Waals surface area contributed by atoms with Crippen molar-refractivity contribution in [2.75, 3.05) is 20.4 Å². The number of hydrogen-bond donors (Lipinski definition) is 1. The summed E-state index contributed by atoms with van der Waals surface area (Å²) in [6.45, 7) is 0.344. The molecule has 0 aliphatic heterocycles. The largest absolute Gasteiger partial charge is 0.492 e. The lowest BCUT2D eigenvalue weighted by Crippen LogP contribution is -2.09. The standard InChI is InChI=1S/C15H20NO5P/c1-19-22(18,20-2)9-8-14-10-15(17)16(11-14)21-12-13-6-4-3-5-7-13/h3-7,10-11,17H,8-9,12H2,1-2H3. The molecule has 2 rings (SSSR count). The van der Waals surface area contributed by atoms with Gasteiger partial charge in [0.2, 0.25) is 5.88 Å². The molecule has 22 heavy (non-hydrogen) atoms. The first kappa shape index (κ1) is 16.6. The number of aryl methyl sites for hydroxylation is 1. The van der Waals surface area contributed by atoms with Gasteiger partial charge in [0.25, 0.3) is 0 Å². The van der Waals surface area contributed by atoms with Gasteiger partial charge in [0.15, 0.2) is 0 Å². The van der Waals surface area contributed by atoms with Gasteiger partial charge in [-0.2, -0.15) is 4.73 Å². The molecule has 0 saturated carbocycles. The molecular formula is C15H20NO5P. The smallest absolute Gasteiger partial charge is 0.330 e. The highest BCUT2D eigenvalue weighted by Gasteiger charge is 2.21. The molecule has 1 heterocycles. The number of aromatic nitrogens is 1. The molecule has 1 aromatic carbocycles. The van der Waals surface area contributed by atoms with Crippen molar-refractivity contribution in [1.82, 2.24) is 4.73 Å². The molecule has 7 heteroatoms. The van der Waals surface area contributed by atoms with E-state index in [9.17, 15) is 9.67 Å². The summed E-state index contributed by atoms with van der Waals surface area (Å²) in [5.41, 5.74) is 1.79. The third-order valence-corrected chi connectivity index (χ3v) is 5.15. The van der Waals surface area contributed by atoms with Gasteiger partial charge in [-0.1, -0.05) is 30.3 Å². The lowest BCUT2D eigenvalue weighted by Gasteiger charge is -2.12. The summed E-state index contributed by atoms with van der Waals surface area (Å²) in [5, 5.41) is 9.86. The molecule has 0 aliphatic carbocycles. The van der Waals surface area contributed by atoms with Gasteiger partial charge in [-0.15, -0.1) is 0 Å². The maximum absolute atomic E-state index is 12.0. The van der Waals surface area contributed by atoms with Crippen LogP contribution in [0.3, 0.4) is 0 Å². The van der Waals surface area contributed by atoms with E-state index in [0.717, 1.165) is 11.1 Å². The predicted molar refractivity (Wildman–Crippen MR) is 83.0 cm³/mol. The van der Waals surface area contributed by atoms with Crippen LogP contribution in [-0.2, 0) is 26.6 Å². The normalized spacial score (nSPS) is 11.5. The molecule has 0 saturated heterocycles. The molecule has 1 N–H and O–H groups in total. The first-order chi connectivity index (χ1) is 10.6. The lowest BCUT2D eigenvalue weighted by molar-refractivity contribution is 0.0803. The molecule has 0 amide bonds. The number of nitrogens with zero attached hydrogens (tertiary/aromatic N) is 1. The first-order valence-corrected chi connectivity index (χ1v) is 8.57. The van der Waals surface area contributed by atoms with Crippen LogP contribution in [0.2, 0.25) is 0 Å². The summed E-state index contributed by atoms with van der Waals surface area (Å²) in [6, 6.07) is 11.2. The maximum Gasteiger partial charge on any atom is 0.330 e. The number of hydrogen-bond acceptors (Lipinski definition) is 5. The molecule has 120 valence electrons. The Kier molecular flexibility index (Phi) is 5.66. The number of rotatable bonds is 8. The highest BCUT2D eigenvalue weighted by atomic mass is 31.2. The van der Waals surface area contributed by atoms with E-state index in [1.807, 2.05) is 30.3 Å². The van der Waals surface area contributed by atoms with E-state index in [-0.39, 0.29) is 12.0 Å². The minimum Gasteiger partial charge on any atom is -0.492 e. The number of aromatic hydroxyl groups is 1. The Hall–Kier alpha value is -1.75. The molecule has 0 fully saturated rings. The zero-order chi connectivity index (χ0) is 16.0. The molecule has 0 spiro atoms. The predicted octanol–water partition coefficient (Wildman–Crippen LogP) is 2.85. The van der Waals surface area contributed by atoms with E-state index in [4.69, 9.17) is 13.9 Å². The van der Waals surface area contributed by atoms with Crippen LogP contribution in [0.25, 0.3) is 0 Å². The second-order valence-electron chi connectivity index (χ2n) is 4.74. The molecule has 0 bridgehead atoms. The fourth-order valence-corrected chi connectivity index (χ4v) is 3.01. The minimum atomic E-state index is -3.05. The van der Waals surface area contributed by atoms with E-state index >= 15 is 0 Å². The quantitative estimate of drug-likeness (QED) is 0.756. The minimum absolute atomic E-state index is 0.00408. The molecule has 0 unspecified atom stereocenters. The highest BCUT2D eigenvalue weighted by Crippen LogP contribution is 2.46. The first-order valence-electron chi connectivity index (χ1n) is 6.84. The van der Waals surface area contributed by atoms with Crippen LogP contribution in [0.4, 0.5) is 0 Å². The van der Waals surface area contributed by atoms with Crippen LogP contribution in [0.15, 0.2) is 42.6 Å². The SMILES string of the molecule is COP(=O)(CCc1cc(O)n(OCc2ccccc2)c1)OC. The number of benzene rings is 1. The molecule has 0 radical (unpaired) electrons. The van der Waals surface area contributed by atoms with E-state index in [1.165, 1.54) is 19.0 Å². The third-order valence-electron chi connectivity index (χ3n) is 3.27. The van der Waals surface area contributed by atoms with Gasteiger partial charge in [0.1, 0.15) is 6.61 Å². The van der Waals surface area contributed by atoms with Gasteiger partial charge in [-0.3, -0.25) is 4.57 Å². The third kappa shape index (κ3) is 4.37. The van der Waals surface area contributed by atoms with Crippen LogP contribution in [-0.4, -0.2) is 30.2 Å². The summed E-state index contributed by atoms with van der Waals surface area (Å²) in [6.07, 6.45) is 2.35. The Bertz CT molecular complexity index is 633. The Morgan fingerprint density at radius 2 is 1.82 bits per heavy atom. The van der Waals surface area contributed by atoms with Gasteiger partial charge in [0.05, 0.1) is 12.4 Å². The van der Waals surface area contributed by atoms with Gasteiger partial charge in [-0.25, -0.2) is 0 Å². The zero-order valence-electron chi connectivity index (χ0n) is 12.6. The van der Waals surface area contributed by atoms with Gasteiger partial charge in [0, 0.05) is 20.3 Å². The van der Waals surface area contributed by atoms with Crippen LogP contribution < -0.4 is 4.84 Å². The summed E-state index contributed by atoms with van der Waals surface area (Å²) in [5.74, 6) is -0.00408. The van der Waals surface area contributed by atoms with Gasteiger partial charge < -0.3 is 19.0 Å². The van der Waals surface area contributed by atoms with E-state index in [0.29, 0.717) is 13.0 Å². The highest BCUT2D eigenvalue weighted by molar-refractivity contribution is 7.53. The van der Waals surface area contributed by atoms with E-state index in [2.05, 4.69) is 0 Å². The molecule has 2 aromatic rings. The zero-order valence-corrected chi connectivity index (χ0v) is 13.5. The second kappa shape index (κ2) is 7.49. The summed E-state index contributed by atoms with van der Waals surface area (Å²) in [4.78, 5) is 5.52. The van der Waals surface area contributed by atoms with Crippen molar-refractivity contribution >= 4 is 7.60 Å². The Balaban J connectivity index is 1.95. The summed E-state index contributed by atoms with van der Waals surface area (Å²) < 4.78 is 23.0. The van der Waals surface area contributed by atoms with Crippen molar-refractivity contribution in [1.29, 1.82) is 0 Å². The molecule has 6 nitrogen and oxygen atoms in total. The summed E-state index contributed by atoms with van der Waals surface area (Å²) in [7, 11) is -0.333.